The lowest BCUT2D eigenvalue weighted by atomic mass is 10.2. The molecule has 0 atom stereocenters. The van der Waals surface area contributed by atoms with Crippen molar-refractivity contribution in [2.24, 2.45) is 0 Å². The smallest absolute Gasteiger partial charge is 0.241 e. The molecule has 1 aromatic heterocycles. The van der Waals surface area contributed by atoms with Crippen LogP contribution in [0.4, 0.5) is 10.3 Å². The van der Waals surface area contributed by atoms with E-state index >= 15 is 0 Å². The van der Waals surface area contributed by atoms with Crippen molar-refractivity contribution >= 4 is 5.95 Å². The molecule has 0 amide bonds. The van der Waals surface area contributed by atoms with Crippen molar-refractivity contribution < 1.29 is 9.50 Å². The molecule has 7 heteroatoms. The zero-order chi connectivity index (χ0) is 11.0. The van der Waals surface area contributed by atoms with E-state index in [9.17, 15) is 9.50 Å². The molecular weight excluding hydrogens is 201 g/mol. The highest BCUT2D eigenvalue weighted by atomic mass is 19.1. The van der Waals surface area contributed by atoms with Crippen molar-refractivity contribution in [3.8, 4) is 17.1 Å². The third-order valence-electron chi connectivity index (χ3n) is 1.94. The Labute approximate surface area is 83.9 Å². The molecule has 15 heavy (non-hydrogen) atoms. The number of nitrogens with zero attached hydrogens (tertiary/aromatic N) is 3. The molecule has 0 aliphatic carbocycles. The van der Waals surface area contributed by atoms with Gasteiger partial charge in [0.2, 0.25) is 5.95 Å². The van der Waals surface area contributed by atoms with Crippen LogP contribution in [0, 0.1) is 5.82 Å². The molecule has 0 saturated heterocycles. The van der Waals surface area contributed by atoms with Crippen LogP contribution in [0.15, 0.2) is 18.2 Å². The van der Waals surface area contributed by atoms with Gasteiger partial charge in [-0.1, -0.05) is 6.07 Å². The van der Waals surface area contributed by atoms with Gasteiger partial charge in [-0.3, -0.25) is 0 Å². The van der Waals surface area contributed by atoms with Gasteiger partial charge in [-0.05, 0) is 12.1 Å². The molecule has 0 radical (unpaired) electrons. The maximum absolute atomic E-state index is 13.4. The minimum Gasteiger partial charge on any atom is -0.507 e. The monoisotopic (exact) mass is 209 g/mol. The first-order valence-electron chi connectivity index (χ1n) is 4.05. The fourth-order valence-corrected chi connectivity index (χ4v) is 1.21. The van der Waals surface area contributed by atoms with E-state index in [1.807, 2.05) is 0 Å². The van der Waals surface area contributed by atoms with Crippen molar-refractivity contribution in [3.05, 3.63) is 24.0 Å². The van der Waals surface area contributed by atoms with E-state index in [-0.39, 0.29) is 23.1 Å². The standard InChI is InChI=1S/C8H8FN5O/c9-4-2-1-3-5(15)6(4)7-12-13-8(10)14(7)11/h1-3,15H,11H2,(H2,10,13). The minimum absolute atomic E-state index is 0.0249. The largest absolute Gasteiger partial charge is 0.507 e. The summed E-state index contributed by atoms with van der Waals surface area (Å²) in [5, 5.41) is 16.5. The zero-order valence-corrected chi connectivity index (χ0v) is 7.55. The Morgan fingerprint density at radius 1 is 1.33 bits per heavy atom. The first-order valence-corrected chi connectivity index (χ1v) is 4.05. The summed E-state index contributed by atoms with van der Waals surface area (Å²) < 4.78 is 14.3. The normalized spacial score (nSPS) is 10.5. The van der Waals surface area contributed by atoms with E-state index in [4.69, 9.17) is 11.6 Å². The molecule has 5 N–H and O–H groups in total. The number of aromatic nitrogens is 3. The van der Waals surface area contributed by atoms with Crippen molar-refractivity contribution in [2.45, 2.75) is 0 Å². The van der Waals surface area contributed by atoms with Crippen molar-refractivity contribution in [2.75, 3.05) is 11.6 Å². The highest BCUT2D eigenvalue weighted by Gasteiger charge is 2.17. The topological polar surface area (TPSA) is 103 Å². The van der Waals surface area contributed by atoms with Crippen LogP contribution in [0.5, 0.6) is 5.75 Å². The molecule has 1 aromatic carbocycles. The van der Waals surface area contributed by atoms with Gasteiger partial charge < -0.3 is 16.7 Å². The fraction of sp³-hybridized carbons (Fsp3) is 0. The molecule has 6 nitrogen and oxygen atoms in total. The maximum atomic E-state index is 13.4. The predicted molar refractivity (Wildman–Crippen MR) is 51.6 cm³/mol. The first-order chi connectivity index (χ1) is 7.11. The second-order valence-corrected chi connectivity index (χ2v) is 2.89. The lowest BCUT2D eigenvalue weighted by Gasteiger charge is -2.04. The number of nitrogens with two attached hydrogens (primary N) is 2. The SMILES string of the molecule is Nc1nnc(-c2c(O)cccc2F)n1N. The molecular formula is C8H8FN5O. The Morgan fingerprint density at radius 3 is 2.60 bits per heavy atom. The van der Waals surface area contributed by atoms with Crippen LogP contribution in [0.1, 0.15) is 0 Å². The maximum Gasteiger partial charge on any atom is 0.241 e. The number of phenols is 1. The molecule has 0 unspecified atom stereocenters. The van der Waals surface area contributed by atoms with Crippen LogP contribution in [-0.2, 0) is 0 Å². The summed E-state index contributed by atoms with van der Waals surface area (Å²) in [6, 6.07) is 3.87. The zero-order valence-electron chi connectivity index (χ0n) is 7.55. The molecule has 0 fully saturated rings. The average molecular weight is 209 g/mol. The average Bonchev–Trinajstić information content (AvgIpc) is 2.49. The molecule has 1 heterocycles. The number of hydrogen-bond donors (Lipinski definition) is 3. The van der Waals surface area contributed by atoms with E-state index in [1.165, 1.54) is 18.2 Å². The number of halogens is 1. The number of nitrogen functional groups attached to an aromatic ring is 2. The molecule has 0 bridgehead atoms. The number of hydrogen-bond acceptors (Lipinski definition) is 5. The molecule has 2 rings (SSSR count). The van der Waals surface area contributed by atoms with Crippen LogP contribution in [-0.4, -0.2) is 20.0 Å². The number of aromatic hydroxyl groups is 1. The summed E-state index contributed by atoms with van der Waals surface area (Å²) >= 11 is 0. The fourth-order valence-electron chi connectivity index (χ4n) is 1.21. The second kappa shape index (κ2) is 3.12. The van der Waals surface area contributed by atoms with E-state index in [0.717, 1.165) is 4.68 Å². The van der Waals surface area contributed by atoms with Crippen LogP contribution < -0.4 is 11.6 Å². The van der Waals surface area contributed by atoms with Gasteiger partial charge in [0.05, 0.1) is 5.56 Å². The molecule has 0 aliphatic rings. The van der Waals surface area contributed by atoms with Gasteiger partial charge in [0.25, 0.3) is 0 Å². The van der Waals surface area contributed by atoms with E-state index < -0.39 is 5.82 Å². The number of rotatable bonds is 1. The summed E-state index contributed by atoms with van der Waals surface area (Å²) in [5.41, 5.74) is 5.22. The van der Waals surface area contributed by atoms with E-state index in [2.05, 4.69) is 10.2 Å². The summed E-state index contributed by atoms with van der Waals surface area (Å²) in [6.45, 7) is 0. The van der Waals surface area contributed by atoms with Gasteiger partial charge in [0.15, 0.2) is 5.82 Å². The lowest BCUT2D eigenvalue weighted by molar-refractivity contribution is 0.471. The van der Waals surface area contributed by atoms with Crippen LogP contribution in [0.2, 0.25) is 0 Å². The van der Waals surface area contributed by atoms with Gasteiger partial charge in [0, 0.05) is 0 Å². The number of anilines is 1. The Balaban J connectivity index is 2.69. The van der Waals surface area contributed by atoms with Crippen molar-refractivity contribution in [1.82, 2.24) is 14.9 Å². The summed E-state index contributed by atoms with van der Waals surface area (Å²) in [7, 11) is 0. The highest BCUT2D eigenvalue weighted by molar-refractivity contribution is 5.65. The summed E-state index contributed by atoms with van der Waals surface area (Å²) in [6.07, 6.45) is 0. The summed E-state index contributed by atoms with van der Waals surface area (Å²) in [5.74, 6) is 4.46. The Kier molecular flexibility index (Phi) is 1.93. The van der Waals surface area contributed by atoms with Gasteiger partial charge in [0.1, 0.15) is 11.6 Å². The van der Waals surface area contributed by atoms with Gasteiger partial charge in [-0.2, -0.15) is 0 Å². The molecule has 78 valence electrons. The van der Waals surface area contributed by atoms with Crippen molar-refractivity contribution in [1.29, 1.82) is 0 Å². The molecule has 0 aliphatic heterocycles. The minimum atomic E-state index is -0.644. The Morgan fingerprint density at radius 2 is 2.07 bits per heavy atom. The number of phenolic OH excluding ortho intramolecular Hbond substituents is 1. The second-order valence-electron chi connectivity index (χ2n) is 2.89. The van der Waals surface area contributed by atoms with Gasteiger partial charge >= 0.3 is 0 Å². The first kappa shape index (κ1) is 9.25. The van der Waals surface area contributed by atoms with Crippen molar-refractivity contribution in [3.63, 3.8) is 0 Å². The lowest BCUT2D eigenvalue weighted by Crippen LogP contribution is -2.13. The van der Waals surface area contributed by atoms with E-state index in [0.29, 0.717) is 0 Å². The Hall–Kier alpha value is -2.31. The Bertz CT molecular complexity index is 489. The quantitative estimate of drug-likeness (QED) is 0.577. The third kappa shape index (κ3) is 1.33. The van der Waals surface area contributed by atoms with Gasteiger partial charge in [-0.25, -0.2) is 9.07 Å². The molecule has 0 saturated carbocycles. The predicted octanol–water partition coefficient (Wildman–Crippen LogP) is 0.0858. The third-order valence-corrected chi connectivity index (χ3v) is 1.94. The summed E-state index contributed by atoms with van der Waals surface area (Å²) in [4.78, 5) is 0. The highest BCUT2D eigenvalue weighted by Crippen LogP contribution is 2.29. The molecule has 2 aromatic rings. The molecule has 0 spiro atoms. The van der Waals surface area contributed by atoms with Gasteiger partial charge in [-0.15, -0.1) is 10.2 Å². The van der Waals surface area contributed by atoms with Crippen LogP contribution >= 0.6 is 0 Å². The van der Waals surface area contributed by atoms with E-state index in [1.54, 1.807) is 0 Å². The van der Waals surface area contributed by atoms with Crippen LogP contribution in [0.3, 0.4) is 0 Å². The van der Waals surface area contributed by atoms with Crippen LogP contribution in [0.25, 0.3) is 11.4 Å². The number of benzene rings is 1.